The van der Waals surface area contributed by atoms with Crippen molar-refractivity contribution in [2.45, 2.75) is 16.4 Å². The maximum atomic E-state index is 12.3. The molecule has 7 nitrogen and oxygen atoms in total. The van der Waals surface area contributed by atoms with E-state index in [9.17, 15) is 14.9 Å². The second kappa shape index (κ2) is 9.88. The summed E-state index contributed by atoms with van der Waals surface area (Å²) < 4.78 is -1.90. The SMILES string of the molecule is O=C(Cc1ccccc1)N[C@@H](NC(=S)Nc1cccc([N+](=O)[O-])c1)C(Cl)(Cl)Cl. The largest absolute Gasteiger partial charge is 0.339 e. The number of anilines is 1. The molecule has 3 N–H and O–H groups in total. The number of thiocarbonyl (C=S) groups is 1. The van der Waals surface area contributed by atoms with E-state index >= 15 is 0 Å². The molecule has 148 valence electrons. The summed E-state index contributed by atoms with van der Waals surface area (Å²) in [7, 11) is 0. The Bertz CT molecular complexity index is 862. The molecule has 0 radical (unpaired) electrons. The second-order valence-electron chi connectivity index (χ2n) is 5.61. The van der Waals surface area contributed by atoms with Crippen molar-refractivity contribution < 1.29 is 9.72 Å². The normalized spacial score (nSPS) is 12.0. The molecule has 0 unspecified atom stereocenters. The Labute approximate surface area is 181 Å². The average molecular weight is 462 g/mol. The van der Waals surface area contributed by atoms with Crippen LogP contribution in [-0.2, 0) is 11.2 Å². The molecule has 1 atom stereocenters. The molecule has 0 aliphatic rings. The van der Waals surface area contributed by atoms with Crippen LogP contribution in [0.5, 0.6) is 0 Å². The molecule has 0 aromatic heterocycles. The van der Waals surface area contributed by atoms with Gasteiger partial charge >= 0.3 is 0 Å². The zero-order valence-electron chi connectivity index (χ0n) is 14.2. The van der Waals surface area contributed by atoms with Crippen LogP contribution in [0.3, 0.4) is 0 Å². The molecule has 2 aromatic rings. The lowest BCUT2D eigenvalue weighted by molar-refractivity contribution is -0.384. The summed E-state index contributed by atoms with van der Waals surface area (Å²) in [5.41, 5.74) is 1.05. The first-order chi connectivity index (χ1) is 13.1. The van der Waals surface area contributed by atoms with Gasteiger partial charge in [-0.05, 0) is 23.8 Å². The van der Waals surface area contributed by atoms with Gasteiger partial charge in [0.25, 0.3) is 5.69 Å². The Morgan fingerprint density at radius 3 is 2.39 bits per heavy atom. The van der Waals surface area contributed by atoms with Crippen molar-refractivity contribution in [1.29, 1.82) is 0 Å². The van der Waals surface area contributed by atoms with E-state index in [0.717, 1.165) is 5.56 Å². The maximum absolute atomic E-state index is 12.3. The molecule has 1 amide bonds. The lowest BCUT2D eigenvalue weighted by Gasteiger charge is -2.27. The minimum absolute atomic E-state index is 0.0110. The van der Waals surface area contributed by atoms with Crippen molar-refractivity contribution in [3.05, 3.63) is 70.3 Å². The van der Waals surface area contributed by atoms with Crippen LogP contribution < -0.4 is 16.0 Å². The fraction of sp³-hybridized carbons (Fsp3) is 0.176. The Morgan fingerprint density at radius 2 is 1.79 bits per heavy atom. The molecule has 2 aromatic carbocycles. The number of alkyl halides is 3. The van der Waals surface area contributed by atoms with Gasteiger partial charge in [-0.3, -0.25) is 14.9 Å². The molecule has 0 saturated carbocycles. The van der Waals surface area contributed by atoms with Crippen molar-refractivity contribution in [1.82, 2.24) is 10.6 Å². The summed E-state index contributed by atoms with van der Waals surface area (Å²) in [4.78, 5) is 22.6. The number of rotatable bonds is 6. The van der Waals surface area contributed by atoms with Crippen molar-refractivity contribution in [3.63, 3.8) is 0 Å². The summed E-state index contributed by atoms with van der Waals surface area (Å²) in [6.07, 6.45) is -1.04. The van der Waals surface area contributed by atoms with Crippen LogP contribution in [0.4, 0.5) is 11.4 Å². The first-order valence-corrected chi connectivity index (χ1v) is 9.41. The van der Waals surface area contributed by atoms with Crippen LogP contribution in [0.15, 0.2) is 54.6 Å². The quantitative estimate of drug-likeness (QED) is 0.198. The fourth-order valence-corrected chi connectivity index (χ4v) is 2.75. The molecule has 2 rings (SSSR count). The first kappa shape index (κ1) is 22.2. The highest BCUT2D eigenvalue weighted by atomic mass is 35.6. The fourth-order valence-electron chi connectivity index (χ4n) is 2.19. The minimum Gasteiger partial charge on any atom is -0.339 e. The molecule has 0 saturated heterocycles. The number of nitro benzene ring substituents is 1. The van der Waals surface area contributed by atoms with Crippen LogP contribution in [0, 0.1) is 10.1 Å². The van der Waals surface area contributed by atoms with Crippen molar-refractivity contribution in [3.8, 4) is 0 Å². The summed E-state index contributed by atoms with van der Waals surface area (Å²) in [6.45, 7) is 0. The van der Waals surface area contributed by atoms with Gasteiger partial charge in [0.05, 0.1) is 11.3 Å². The third-order valence-corrected chi connectivity index (χ3v) is 4.30. The van der Waals surface area contributed by atoms with Crippen molar-refractivity contribution >= 4 is 69.4 Å². The van der Waals surface area contributed by atoms with Gasteiger partial charge in [0, 0.05) is 17.8 Å². The van der Waals surface area contributed by atoms with Crippen LogP contribution in [0.1, 0.15) is 5.56 Å². The molecule has 0 heterocycles. The van der Waals surface area contributed by atoms with Gasteiger partial charge in [-0.1, -0.05) is 71.2 Å². The van der Waals surface area contributed by atoms with Gasteiger partial charge in [0.2, 0.25) is 9.70 Å². The Hall–Kier alpha value is -2.13. The molecule has 0 bridgehead atoms. The summed E-state index contributed by atoms with van der Waals surface area (Å²) >= 11 is 23.0. The molecule has 28 heavy (non-hydrogen) atoms. The number of carbonyl (C=O) groups is 1. The van der Waals surface area contributed by atoms with E-state index in [1.165, 1.54) is 18.2 Å². The molecular weight excluding hydrogens is 447 g/mol. The number of non-ortho nitro benzene ring substituents is 1. The van der Waals surface area contributed by atoms with E-state index in [1.54, 1.807) is 18.2 Å². The van der Waals surface area contributed by atoms with Crippen molar-refractivity contribution in [2.75, 3.05) is 5.32 Å². The minimum atomic E-state index is -1.90. The molecule has 11 heteroatoms. The topological polar surface area (TPSA) is 96.3 Å². The average Bonchev–Trinajstić information content (AvgIpc) is 2.61. The summed E-state index contributed by atoms with van der Waals surface area (Å²) in [5.74, 6) is -0.381. The monoisotopic (exact) mass is 460 g/mol. The smallest absolute Gasteiger partial charge is 0.271 e. The lowest BCUT2D eigenvalue weighted by Crippen LogP contribution is -2.56. The number of hydrogen-bond donors (Lipinski definition) is 3. The molecular formula is C17H15Cl3N4O3S. The number of nitro groups is 1. The Kier molecular flexibility index (Phi) is 7.82. The zero-order valence-corrected chi connectivity index (χ0v) is 17.3. The maximum Gasteiger partial charge on any atom is 0.271 e. The number of carbonyl (C=O) groups excluding carboxylic acids is 1. The van der Waals surface area contributed by atoms with E-state index < -0.39 is 14.9 Å². The van der Waals surface area contributed by atoms with Crippen LogP contribution in [-0.4, -0.2) is 25.9 Å². The Morgan fingerprint density at radius 1 is 1.11 bits per heavy atom. The molecule has 0 spiro atoms. The number of hydrogen-bond acceptors (Lipinski definition) is 4. The molecule has 0 fully saturated rings. The van der Waals surface area contributed by atoms with Gasteiger partial charge in [-0.15, -0.1) is 0 Å². The van der Waals surface area contributed by atoms with Crippen molar-refractivity contribution in [2.24, 2.45) is 0 Å². The van der Waals surface area contributed by atoms with Gasteiger partial charge in [0.1, 0.15) is 6.17 Å². The highest BCUT2D eigenvalue weighted by Gasteiger charge is 2.34. The van der Waals surface area contributed by atoms with Gasteiger partial charge in [-0.25, -0.2) is 0 Å². The van der Waals surface area contributed by atoms with E-state index in [2.05, 4.69) is 16.0 Å². The van der Waals surface area contributed by atoms with E-state index in [4.69, 9.17) is 47.0 Å². The van der Waals surface area contributed by atoms with Gasteiger partial charge < -0.3 is 16.0 Å². The number of benzene rings is 2. The predicted octanol–water partition coefficient (Wildman–Crippen LogP) is 3.94. The second-order valence-corrected chi connectivity index (χ2v) is 8.39. The van der Waals surface area contributed by atoms with Crippen LogP contribution in [0.25, 0.3) is 0 Å². The predicted molar refractivity (Wildman–Crippen MR) is 115 cm³/mol. The summed E-state index contributed by atoms with van der Waals surface area (Å²) in [5, 5.41) is 18.9. The van der Waals surface area contributed by atoms with E-state index in [0.29, 0.717) is 5.69 Å². The van der Waals surface area contributed by atoms with E-state index in [-0.39, 0.29) is 23.1 Å². The van der Waals surface area contributed by atoms with Crippen LogP contribution >= 0.6 is 47.0 Å². The third-order valence-electron chi connectivity index (χ3n) is 3.43. The van der Waals surface area contributed by atoms with Gasteiger partial charge in [-0.2, -0.15) is 0 Å². The van der Waals surface area contributed by atoms with Crippen LogP contribution in [0.2, 0.25) is 0 Å². The molecule has 0 aliphatic carbocycles. The number of nitrogens with one attached hydrogen (secondary N) is 3. The third kappa shape index (κ3) is 7.12. The van der Waals surface area contributed by atoms with Gasteiger partial charge in [0.15, 0.2) is 5.11 Å². The highest BCUT2D eigenvalue weighted by Crippen LogP contribution is 2.29. The number of nitrogens with zero attached hydrogens (tertiary/aromatic N) is 1. The zero-order chi connectivity index (χ0) is 20.7. The standard InChI is InChI=1S/C17H15Cl3N4O3S/c18-17(19,20)15(22-14(25)9-11-5-2-1-3-6-11)23-16(28)21-12-7-4-8-13(10-12)24(26)27/h1-8,10,15H,9H2,(H,22,25)(H2,21,23,28)/t15-/m0/s1. The number of halogens is 3. The first-order valence-electron chi connectivity index (χ1n) is 7.87. The summed E-state index contributed by atoms with van der Waals surface area (Å²) in [6, 6.07) is 14.8. The molecule has 0 aliphatic heterocycles. The van der Waals surface area contributed by atoms with E-state index in [1.807, 2.05) is 18.2 Å². The lowest BCUT2D eigenvalue weighted by atomic mass is 10.1. The highest BCUT2D eigenvalue weighted by molar-refractivity contribution is 7.80. The number of amides is 1. The Balaban J connectivity index is 2.01.